The first-order valence-electron chi connectivity index (χ1n) is 16.5. The third-order valence-electron chi connectivity index (χ3n) is 5.68. The number of carbonyl (C=O) groups is 3. The molecule has 0 aliphatic rings. The number of aryl methyl sites for hydroxylation is 1. The van der Waals surface area contributed by atoms with Gasteiger partial charge in [0.1, 0.15) is 35.9 Å². The molecule has 7 N–H and O–H groups in total. The number of hydrazine groups is 1. The van der Waals surface area contributed by atoms with Crippen molar-refractivity contribution in [2.24, 2.45) is 21.7 Å². The van der Waals surface area contributed by atoms with E-state index >= 15 is 0 Å². The minimum absolute atomic E-state index is 0.168. The summed E-state index contributed by atoms with van der Waals surface area (Å²) in [4.78, 5) is 40.8. The third kappa shape index (κ3) is 28.3. The number of hydrogen-bond donors (Lipinski definition) is 5. The highest BCUT2D eigenvalue weighted by molar-refractivity contribution is 9.11. The van der Waals surface area contributed by atoms with Crippen LogP contribution in [0.3, 0.4) is 0 Å². The number of nitrogen functional groups attached to an aromatic ring is 1. The summed E-state index contributed by atoms with van der Waals surface area (Å²) in [6, 6.07) is 12.9. The zero-order chi connectivity index (χ0) is 45.7. The molecule has 1 heterocycles. The lowest BCUT2D eigenvalue weighted by atomic mass is 10.3. The quantitative estimate of drug-likeness (QED) is 0.0418. The van der Waals surface area contributed by atoms with Crippen LogP contribution >= 0.6 is 47.8 Å². The van der Waals surface area contributed by atoms with E-state index in [-0.39, 0.29) is 41.6 Å². The number of hydrogen-bond acceptors (Lipinski definition) is 12. The zero-order valence-electron chi connectivity index (χ0n) is 34.1. The van der Waals surface area contributed by atoms with Crippen LogP contribution in [0.15, 0.2) is 84.4 Å². The monoisotopic (exact) mass is 1020 g/mol. The van der Waals surface area contributed by atoms with E-state index in [0.29, 0.717) is 21.5 Å². The predicted molar refractivity (Wildman–Crippen MR) is 235 cm³/mol. The standard InChI is InChI=1S/C9H9BrFN3O.C9H7BrFN3.C6H6BrFN2.C5H10N2O.C5H13NO2.C2H5NO/c1-6(15)12-5-13-14-9-4-7(11)2-3-8(9)10;1-6-12-5-13-14(6)9-4-7(11)2-3-8(9)10;7-5-2-1-4(8)3-6(5)10-9;1-5(8)6-4-7(2)3;1-6(2)5(7-3)8-4;1-2(3)4/h2-5,14H,1H3,(H,12,13,15);2-5H,1H3;1-3,10H,9H2;4H,1-3H3;5H,1-4H3;1H3,(H2,3,4). The average Bonchev–Trinajstić information content (AvgIpc) is 3.59. The Labute approximate surface area is 367 Å². The molecule has 0 atom stereocenters. The highest BCUT2D eigenvalue weighted by Gasteiger charge is 2.07. The van der Waals surface area contributed by atoms with Crippen LogP contribution in [0.25, 0.3) is 5.69 Å². The van der Waals surface area contributed by atoms with Gasteiger partial charge in [-0.3, -0.25) is 30.6 Å². The van der Waals surface area contributed by atoms with Gasteiger partial charge in [0.2, 0.25) is 24.1 Å². The Morgan fingerprint density at radius 1 is 0.847 bits per heavy atom. The van der Waals surface area contributed by atoms with Gasteiger partial charge in [0.25, 0.3) is 0 Å². The molecule has 0 fully saturated rings. The first kappa shape index (κ1) is 56.3. The number of nitrogens with zero attached hydrogens (tertiary/aromatic N) is 7. The van der Waals surface area contributed by atoms with Crippen molar-refractivity contribution in [1.29, 1.82) is 0 Å². The third-order valence-corrected chi connectivity index (χ3v) is 7.73. The number of halogens is 6. The molecule has 0 saturated carbocycles. The molecule has 1 aromatic heterocycles. The van der Waals surface area contributed by atoms with Gasteiger partial charge in [-0.2, -0.15) is 10.2 Å². The van der Waals surface area contributed by atoms with E-state index in [4.69, 9.17) is 15.3 Å². The number of aromatic nitrogens is 3. The Bertz CT molecular complexity index is 1910. The summed E-state index contributed by atoms with van der Waals surface area (Å²) in [5.74, 6) is 4.10. The number of ether oxygens (including phenoxy) is 2. The van der Waals surface area contributed by atoms with E-state index in [9.17, 15) is 27.6 Å². The average molecular weight is 1030 g/mol. The van der Waals surface area contributed by atoms with E-state index in [1.54, 1.807) is 42.0 Å². The second-order valence-corrected chi connectivity index (χ2v) is 13.9. The van der Waals surface area contributed by atoms with Gasteiger partial charge in [0.05, 0.1) is 23.4 Å². The molecule has 3 amide bonds. The lowest BCUT2D eigenvalue weighted by molar-refractivity contribution is -0.179. The minimum atomic E-state index is -0.365. The van der Waals surface area contributed by atoms with E-state index in [2.05, 4.69) is 89.9 Å². The molecular weight excluding hydrogens is 977 g/mol. The van der Waals surface area contributed by atoms with Crippen molar-refractivity contribution < 1.29 is 37.0 Å². The first-order valence-corrected chi connectivity index (χ1v) is 18.9. The Kier molecular flexibility index (Phi) is 30.7. The topological polar surface area (TPSA) is 220 Å². The normalized spacial score (nSPS) is 10.0. The summed E-state index contributed by atoms with van der Waals surface area (Å²) >= 11 is 9.73. The van der Waals surface area contributed by atoms with Crippen LogP contribution < -0.4 is 27.7 Å². The summed E-state index contributed by atoms with van der Waals surface area (Å²) in [7, 11) is 10.6. The SMILES string of the molecule is CC(=O)N/C=N/Nc1cc(F)ccc1Br.CC(=O)N=CN(C)C.CC(N)=O.COC(OC)N(C)C.Cc1ncnn1-c1cc(F)ccc1Br.NNc1cc(F)ccc1Br. The fraction of sp³-hybridized carbons (Fsp3) is 0.306. The Hall–Kier alpha value is -4.78. The van der Waals surface area contributed by atoms with Gasteiger partial charge >= 0.3 is 0 Å². The van der Waals surface area contributed by atoms with Crippen molar-refractivity contribution in [3.63, 3.8) is 0 Å². The molecule has 4 rings (SSSR count). The summed E-state index contributed by atoms with van der Waals surface area (Å²) in [5.41, 5.74) is 11.1. The van der Waals surface area contributed by atoms with Crippen LogP contribution in [-0.4, -0.2) is 104 Å². The van der Waals surface area contributed by atoms with Crippen LogP contribution in [0, 0.1) is 24.4 Å². The van der Waals surface area contributed by atoms with Crippen molar-refractivity contribution in [3.05, 3.63) is 97.6 Å². The van der Waals surface area contributed by atoms with Crippen molar-refractivity contribution in [3.8, 4) is 5.69 Å². The van der Waals surface area contributed by atoms with E-state index in [1.807, 2.05) is 40.0 Å². The number of primary amides is 1. The van der Waals surface area contributed by atoms with Crippen LogP contribution in [0.1, 0.15) is 26.6 Å². The molecule has 326 valence electrons. The molecule has 17 nitrogen and oxygen atoms in total. The van der Waals surface area contributed by atoms with E-state index in [1.165, 1.54) is 76.2 Å². The van der Waals surface area contributed by atoms with Gasteiger partial charge in [-0.1, -0.05) is 0 Å². The first-order chi connectivity index (χ1) is 27.6. The maximum Gasteiger partial charge on any atom is 0.243 e. The maximum atomic E-state index is 13.0. The largest absolute Gasteiger partial charge is 0.370 e. The Balaban J connectivity index is 0. The van der Waals surface area contributed by atoms with Crippen molar-refractivity contribution in [1.82, 2.24) is 29.9 Å². The lowest BCUT2D eigenvalue weighted by Gasteiger charge is -2.19. The van der Waals surface area contributed by atoms with Gasteiger partial charge < -0.3 is 30.8 Å². The Morgan fingerprint density at radius 2 is 1.32 bits per heavy atom. The maximum absolute atomic E-state index is 13.0. The lowest BCUT2D eigenvalue weighted by Crippen LogP contribution is -2.30. The van der Waals surface area contributed by atoms with Gasteiger partial charge in [-0.15, -0.1) is 0 Å². The highest BCUT2D eigenvalue weighted by Crippen LogP contribution is 2.23. The predicted octanol–water partition coefficient (Wildman–Crippen LogP) is 6.17. The van der Waals surface area contributed by atoms with Gasteiger partial charge in [-0.05, 0) is 117 Å². The second kappa shape index (κ2) is 32.1. The molecule has 0 aliphatic heterocycles. The number of carbonyl (C=O) groups excluding carboxylic acids is 3. The van der Waals surface area contributed by atoms with Crippen molar-refractivity contribution in [2.75, 3.05) is 53.3 Å². The molecule has 0 bridgehead atoms. The van der Waals surface area contributed by atoms with Crippen molar-refractivity contribution in [2.45, 2.75) is 34.1 Å². The summed E-state index contributed by atoms with van der Waals surface area (Å²) in [6.07, 6.45) is 3.89. The minimum Gasteiger partial charge on any atom is -0.370 e. The number of nitrogens with two attached hydrogens (primary N) is 2. The zero-order valence-corrected chi connectivity index (χ0v) is 38.9. The molecule has 4 aromatic rings. The van der Waals surface area contributed by atoms with E-state index in [0.717, 1.165) is 14.8 Å². The molecule has 0 saturated heterocycles. The molecule has 0 spiro atoms. The number of nitrogens with one attached hydrogen (secondary N) is 3. The second-order valence-electron chi connectivity index (χ2n) is 11.4. The molecule has 0 aliphatic carbocycles. The van der Waals surface area contributed by atoms with E-state index < -0.39 is 0 Å². The van der Waals surface area contributed by atoms with Gasteiger partial charge in [0, 0.05) is 68.6 Å². The fourth-order valence-electron chi connectivity index (χ4n) is 3.31. The van der Waals surface area contributed by atoms with Crippen LogP contribution in [0.4, 0.5) is 24.5 Å². The summed E-state index contributed by atoms with van der Waals surface area (Å²) in [6.45, 7) is 5.90. The number of rotatable bonds is 9. The summed E-state index contributed by atoms with van der Waals surface area (Å²) < 4.78 is 51.7. The number of benzene rings is 3. The number of aliphatic imine (C=N–C) groups is 1. The van der Waals surface area contributed by atoms with Crippen LogP contribution in [-0.2, 0) is 23.9 Å². The smallest absolute Gasteiger partial charge is 0.243 e. The number of hydrazone groups is 1. The van der Waals surface area contributed by atoms with Crippen molar-refractivity contribution >= 4 is 89.6 Å². The van der Waals surface area contributed by atoms with Gasteiger partial charge in [0.15, 0.2) is 0 Å². The molecule has 0 radical (unpaired) electrons. The number of amides is 3. The molecule has 0 unspecified atom stereocenters. The molecule has 23 heteroatoms. The molecule has 3 aromatic carbocycles. The Morgan fingerprint density at radius 3 is 1.68 bits per heavy atom. The molecular formula is C36H50Br3F3N12O5. The molecule has 59 heavy (non-hydrogen) atoms. The van der Waals surface area contributed by atoms with Gasteiger partial charge in [-0.25, -0.2) is 27.8 Å². The summed E-state index contributed by atoms with van der Waals surface area (Å²) in [5, 5.41) is 10.0. The van der Waals surface area contributed by atoms with Crippen LogP contribution in [0.5, 0.6) is 0 Å². The number of methoxy groups -OCH3 is 2. The van der Waals surface area contributed by atoms with Crippen LogP contribution in [0.2, 0.25) is 0 Å². The highest BCUT2D eigenvalue weighted by atomic mass is 79.9. The fourth-order valence-corrected chi connectivity index (χ4v) is 4.43. The number of anilines is 2.